The molecule has 144 valence electrons. The van der Waals surface area contributed by atoms with E-state index < -0.39 is 0 Å². The lowest BCUT2D eigenvalue weighted by atomic mass is 10.1. The molecule has 2 saturated heterocycles. The number of hydrogen-bond donors (Lipinski definition) is 0. The number of pyridine rings is 1. The Hall–Kier alpha value is -2.32. The summed E-state index contributed by atoms with van der Waals surface area (Å²) in [5.41, 5.74) is 1.64. The van der Waals surface area contributed by atoms with E-state index in [1.807, 2.05) is 23.2 Å². The van der Waals surface area contributed by atoms with Crippen LogP contribution >= 0.6 is 0 Å². The lowest BCUT2D eigenvalue weighted by Crippen LogP contribution is -2.44. The molecular weight excluding hydrogens is 344 g/mol. The number of ether oxygens (including phenoxy) is 1. The molecule has 0 saturated carbocycles. The third kappa shape index (κ3) is 4.51. The molecule has 1 amide bonds. The van der Waals surface area contributed by atoms with Gasteiger partial charge in [0, 0.05) is 50.2 Å². The topological polar surface area (TPSA) is 76.4 Å². The number of rotatable bonds is 4. The molecule has 0 radical (unpaired) electrons. The van der Waals surface area contributed by atoms with E-state index in [9.17, 15) is 4.79 Å². The SMILES string of the molecule is O=C(Cn1cc(-c2cccnc2)nn1)N1CCCC(N2CCOCC2)CC1. The normalized spacial score (nSPS) is 21.8. The molecule has 0 aromatic carbocycles. The zero-order chi connectivity index (χ0) is 18.5. The van der Waals surface area contributed by atoms with Gasteiger partial charge in [-0.3, -0.25) is 14.7 Å². The van der Waals surface area contributed by atoms with Gasteiger partial charge in [-0.2, -0.15) is 0 Å². The van der Waals surface area contributed by atoms with Crippen molar-refractivity contribution in [3.05, 3.63) is 30.7 Å². The average Bonchev–Trinajstić information content (AvgIpc) is 3.04. The molecule has 4 heterocycles. The minimum absolute atomic E-state index is 0.111. The molecule has 8 nitrogen and oxygen atoms in total. The molecule has 8 heteroatoms. The van der Waals surface area contributed by atoms with Crippen LogP contribution in [0.15, 0.2) is 30.7 Å². The number of carbonyl (C=O) groups excluding carboxylic acids is 1. The number of likely N-dealkylation sites (tertiary alicyclic amines) is 1. The van der Waals surface area contributed by atoms with Crippen LogP contribution in [0.4, 0.5) is 0 Å². The summed E-state index contributed by atoms with van der Waals surface area (Å²) in [6.45, 7) is 5.53. The fourth-order valence-electron chi connectivity index (χ4n) is 3.90. The van der Waals surface area contributed by atoms with Crippen molar-refractivity contribution in [1.82, 2.24) is 29.8 Å². The first-order valence-corrected chi connectivity index (χ1v) is 9.70. The van der Waals surface area contributed by atoms with Crippen molar-refractivity contribution in [2.45, 2.75) is 31.8 Å². The number of nitrogens with zero attached hydrogens (tertiary/aromatic N) is 6. The van der Waals surface area contributed by atoms with Crippen LogP contribution in [0.25, 0.3) is 11.3 Å². The molecular formula is C19H26N6O2. The van der Waals surface area contributed by atoms with Crippen LogP contribution in [0.1, 0.15) is 19.3 Å². The lowest BCUT2D eigenvalue weighted by Gasteiger charge is -2.34. The zero-order valence-electron chi connectivity index (χ0n) is 15.5. The van der Waals surface area contributed by atoms with Gasteiger partial charge in [0.25, 0.3) is 0 Å². The van der Waals surface area contributed by atoms with Gasteiger partial charge in [0.2, 0.25) is 5.91 Å². The molecule has 2 aliphatic heterocycles. The number of aromatic nitrogens is 4. The van der Waals surface area contributed by atoms with E-state index in [1.165, 1.54) is 0 Å². The Balaban J connectivity index is 1.32. The van der Waals surface area contributed by atoms with Gasteiger partial charge >= 0.3 is 0 Å². The van der Waals surface area contributed by atoms with E-state index >= 15 is 0 Å². The molecule has 1 unspecified atom stereocenters. The predicted octanol–water partition coefficient (Wildman–Crippen LogP) is 1.05. The summed E-state index contributed by atoms with van der Waals surface area (Å²) >= 11 is 0. The summed E-state index contributed by atoms with van der Waals surface area (Å²) < 4.78 is 7.08. The summed E-state index contributed by atoms with van der Waals surface area (Å²) in [4.78, 5) is 21.3. The van der Waals surface area contributed by atoms with E-state index in [1.54, 1.807) is 17.1 Å². The quantitative estimate of drug-likeness (QED) is 0.801. The Morgan fingerprint density at radius 1 is 1.19 bits per heavy atom. The minimum atomic E-state index is 0.111. The highest BCUT2D eigenvalue weighted by atomic mass is 16.5. The number of hydrogen-bond acceptors (Lipinski definition) is 6. The molecule has 1 atom stereocenters. The van der Waals surface area contributed by atoms with E-state index in [-0.39, 0.29) is 12.5 Å². The summed E-state index contributed by atoms with van der Waals surface area (Å²) in [7, 11) is 0. The largest absolute Gasteiger partial charge is 0.379 e. The van der Waals surface area contributed by atoms with Gasteiger partial charge < -0.3 is 9.64 Å². The van der Waals surface area contributed by atoms with E-state index in [0.29, 0.717) is 6.04 Å². The van der Waals surface area contributed by atoms with Crippen LogP contribution in [-0.4, -0.2) is 81.1 Å². The van der Waals surface area contributed by atoms with E-state index in [4.69, 9.17) is 4.74 Å². The van der Waals surface area contributed by atoms with Gasteiger partial charge in [-0.25, -0.2) is 4.68 Å². The Bertz CT molecular complexity index is 744. The standard InChI is InChI=1S/C19H26N6O2/c26-19(15-25-14-18(21-22-25)16-3-1-6-20-13-16)24-7-2-4-17(5-8-24)23-9-11-27-12-10-23/h1,3,6,13-14,17H,2,4-5,7-12,15H2. The van der Waals surface area contributed by atoms with Crippen molar-refractivity contribution in [2.75, 3.05) is 39.4 Å². The second-order valence-corrected chi connectivity index (χ2v) is 7.16. The first-order valence-electron chi connectivity index (χ1n) is 9.70. The number of amides is 1. The highest BCUT2D eigenvalue weighted by Gasteiger charge is 2.26. The summed E-state index contributed by atoms with van der Waals surface area (Å²) in [6, 6.07) is 4.36. The van der Waals surface area contributed by atoms with Crippen LogP contribution in [0, 0.1) is 0 Å². The van der Waals surface area contributed by atoms with Gasteiger partial charge in [-0.05, 0) is 31.4 Å². The maximum absolute atomic E-state index is 12.7. The summed E-state index contributed by atoms with van der Waals surface area (Å²) in [5, 5.41) is 8.27. The second-order valence-electron chi connectivity index (χ2n) is 7.16. The smallest absolute Gasteiger partial charge is 0.244 e. The molecule has 0 N–H and O–H groups in total. The number of carbonyl (C=O) groups is 1. The van der Waals surface area contributed by atoms with Crippen LogP contribution in [-0.2, 0) is 16.1 Å². The molecule has 0 bridgehead atoms. The van der Waals surface area contributed by atoms with Gasteiger partial charge in [0.15, 0.2) is 0 Å². The van der Waals surface area contributed by atoms with Crippen LogP contribution in [0.5, 0.6) is 0 Å². The van der Waals surface area contributed by atoms with Crippen molar-refractivity contribution in [3.63, 3.8) is 0 Å². The van der Waals surface area contributed by atoms with Crippen molar-refractivity contribution in [1.29, 1.82) is 0 Å². The highest BCUT2D eigenvalue weighted by Crippen LogP contribution is 2.19. The maximum Gasteiger partial charge on any atom is 0.244 e. The van der Waals surface area contributed by atoms with Crippen molar-refractivity contribution >= 4 is 5.91 Å². The third-order valence-corrected chi connectivity index (χ3v) is 5.41. The summed E-state index contributed by atoms with van der Waals surface area (Å²) in [6.07, 6.45) is 8.51. The Labute approximate surface area is 159 Å². The number of morpholine rings is 1. The summed E-state index contributed by atoms with van der Waals surface area (Å²) in [5.74, 6) is 0.111. The molecule has 0 spiro atoms. The van der Waals surface area contributed by atoms with Crippen molar-refractivity contribution in [3.8, 4) is 11.3 Å². The van der Waals surface area contributed by atoms with E-state index in [0.717, 1.165) is 69.9 Å². The molecule has 0 aliphatic carbocycles. The zero-order valence-corrected chi connectivity index (χ0v) is 15.5. The Kier molecular flexibility index (Phi) is 5.74. The minimum Gasteiger partial charge on any atom is -0.379 e. The molecule has 2 aliphatic rings. The van der Waals surface area contributed by atoms with Crippen LogP contribution < -0.4 is 0 Å². The Morgan fingerprint density at radius 2 is 2.07 bits per heavy atom. The maximum atomic E-state index is 12.7. The fourth-order valence-corrected chi connectivity index (χ4v) is 3.90. The lowest BCUT2D eigenvalue weighted by molar-refractivity contribution is -0.132. The first-order chi connectivity index (χ1) is 13.3. The van der Waals surface area contributed by atoms with Gasteiger partial charge in [-0.1, -0.05) is 5.21 Å². The third-order valence-electron chi connectivity index (χ3n) is 5.41. The van der Waals surface area contributed by atoms with Crippen molar-refractivity contribution < 1.29 is 9.53 Å². The predicted molar refractivity (Wildman–Crippen MR) is 99.9 cm³/mol. The van der Waals surface area contributed by atoms with Crippen LogP contribution in [0.2, 0.25) is 0 Å². The molecule has 4 rings (SSSR count). The first kappa shape index (κ1) is 18.1. The molecule has 27 heavy (non-hydrogen) atoms. The fraction of sp³-hybridized carbons (Fsp3) is 0.579. The molecule has 2 aromatic rings. The van der Waals surface area contributed by atoms with Gasteiger partial charge in [0.1, 0.15) is 12.2 Å². The monoisotopic (exact) mass is 370 g/mol. The van der Waals surface area contributed by atoms with E-state index in [2.05, 4.69) is 20.2 Å². The Morgan fingerprint density at radius 3 is 2.89 bits per heavy atom. The highest BCUT2D eigenvalue weighted by molar-refractivity contribution is 5.76. The van der Waals surface area contributed by atoms with Gasteiger partial charge in [0.05, 0.1) is 19.4 Å². The van der Waals surface area contributed by atoms with Gasteiger partial charge in [-0.15, -0.1) is 5.10 Å². The molecule has 2 fully saturated rings. The van der Waals surface area contributed by atoms with Crippen molar-refractivity contribution in [2.24, 2.45) is 0 Å². The van der Waals surface area contributed by atoms with Crippen LogP contribution in [0.3, 0.4) is 0 Å². The average molecular weight is 370 g/mol. The molecule has 2 aromatic heterocycles. The second kappa shape index (κ2) is 8.58.